The van der Waals surface area contributed by atoms with E-state index in [1.807, 2.05) is 23.4 Å². The zero-order chi connectivity index (χ0) is 23.1. The lowest BCUT2D eigenvalue weighted by Gasteiger charge is -2.30. The van der Waals surface area contributed by atoms with E-state index in [0.717, 1.165) is 31.6 Å². The molecule has 2 aromatic rings. The number of benzene rings is 1. The van der Waals surface area contributed by atoms with Gasteiger partial charge in [0.25, 0.3) is 0 Å². The topological polar surface area (TPSA) is 107 Å². The Labute approximate surface area is 189 Å². The van der Waals surface area contributed by atoms with E-state index in [4.69, 9.17) is 26.3 Å². The second-order valence-corrected chi connectivity index (χ2v) is 7.83. The minimum Gasteiger partial charge on any atom is -0.380 e. The lowest BCUT2D eigenvalue weighted by atomic mass is 10.1. The molecule has 0 amide bonds. The van der Waals surface area contributed by atoms with Gasteiger partial charge in [-0.2, -0.15) is 5.10 Å². The van der Waals surface area contributed by atoms with Crippen molar-refractivity contribution in [3.05, 3.63) is 48.0 Å². The van der Waals surface area contributed by atoms with Gasteiger partial charge in [-0.15, -0.1) is 0 Å². The first kappa shape index (κ1) is 23.7. The molecule has 0 saturated carbocycles. The zero-order valence-corrected chi connectivity index (χ0v) is 19.0. The molecule has 1 aromatic carbocycles. The number of halogens is 1. The third-order valence-corrected chi connectivity index (χ3v) is 5.48. The van der Waals surface area contributed by atoms with Crippen LogP contribution in [0.4, 0.5) is 15.8 Å². The Kier molecular flexibility index (Phi) is 8.24. The first-order valence-electron chi connectivity index (χ1n) is 11.2. The van der Waals surface area contributed by atoms with E-state index < -0.39 is 0 Å². The van der Waals surface area contributed by atoms with Crippen LogP contribution in [0.25, 0.3) is 5.70 Å². The number of guanidine groups is 1. The van der Waals surface area contributed by atoms with Gasteiger partial charge in [0.05, 0.1) is 24.5 Å². The number of ether oxygens (including phenoxy) is 1. The van der Waals surface area contributed by atoms with E-state index in [1.165, 1.54) is 12.1 Å². The standard InChI is InChI=1S/C23H34FN7O/c1-4-20-21(28-23(26)30-11-9-18(25)10-12-30)22(31(29-20)13-14-32-5-2)16(3)27-19-8-6-7-17(24)15-19/h6-8,15,18,27H,3-5,9-14,25H2,1-2H3,(H2,26,28). The van der Waals surface area contributed by atoms with Crippen molar-refractivity contribution in [1.29, 1.82) is 0 Å². The Morgan fingerprint density at radius 2 is 2.09 bits per heavy atom. The van der Waals surface area contributed by atoms with Crippen LogP contribution < -0.4 is 16.8 Å². The maximum absolute atomic E-state index is 13.7. The molecule has 5 N–H and O–H groups in total. The Morgan fingerprint density at radius 1 is 1.34 bits per heavy atom. The van der Waals surface area contributed by atoms with Crippen LogP contribution in [0.3, 0.4) is 0 Å². The lowest BCUT2D eigenvalue weighted by molar-refractivity contribution is 0.136. The molecule has 8 nitrogen and oxygen atoms in total. The maximum atomic E-state index is 13.7. The van der Waals surface area contributed by atoms with E-state index in [9.17, 15) is 4.39 Å². The maximum Gasteiger partial charge on any atom is 0.196 e. The van der Waals surface area contributed by atoms with Gasteiger partial charge >= 0.3 is 0 Å². The number of aromatic nitrogens is 2. The van der Waals surface area contributed by atoms with Crippen LogP contribution in [0.2, 0.25) is 0 Å². The van der Waals surface area contributed by atoms with Gasteiger partial charge in [0.1, 0.15) is 17.2 Å². The molecular formula is C23H34FN7O. The molecule has 9 heteroatoms. The fourth-order valence-corrected chi connectivity index (χ4v) is 3.73. The molecule has 2 heterocycles. The van der Waals surface area contributed by atoms with Crippen LogP contribution in [0.5, 0.6) is 0 Å². The second kappa shape index (κ2) is 11.1. The number of piperidine rings is 1. The Hall–Kier alpha value is -2.91. The van der Waals surface area contributed by atoms with Crippen molar-refractivity contribution < 1.29 is 9.13 Å². The van der Waals surface area contributed by atoms with Crippen molar-refractivity contribution in [1.82, 2.24) is 14.7 Å². The number of aryl methyl sites for hydroxylation is 1. The second-order valence-electron chi connectivity index (χ2n) is 7.83. The number of likely N-dealkylation sites (tertiary alicyclic amines) is 1. The Bertz CT molecular complexity index is 948. The highest BCUT2D eigenvalue weighted by molar-refractivity contribution is 5.86. The van der Waals surface area contributed by atoms with Gasteiger partial charge in [-0.1, -0.05) is 19.6 Å². The number of hydrogen-bond acceptors (Lipinski definition) is 5. The summed E-state index contributed by atoms with van der Waals surface area (Å²) in [6, 6.07) is 6.45. The van der Waals surface area contributed by atoms with Gasteiger partial charge < -0.3 is 26.4 Å². The molecule has 0 radical (unpaired) electrons. The number of nitrogens with zero attached hydrogens (tertiary/aromatic N) is 4. The van der Waals surface area contributed by atoms with Crippen LogP contribution in [0.1, 0.15) is 38.1 Å². The predicted octanol–water partition coefficient (Wildman–Crippen LogP) is 3.07. The van der Waals surface area contributed by atoms with Gasteiger partial charge in [-0.3, -0.25) is 4.68 Å². The summed E-state index contributed by atoms with van der Waals surface area (Å²) in [6.45, 7) is 11.4. The molecule has 1 fully saturated rings. The third-order valence-electron chi connectivity index (χ3n) is 5.48. The zero-order valence-electron chi connectivity index (χ0n) is 19.0. The minimum atomic E-state index is -0.326. The van der Waals surface area contributed by atoms with Crippen molar-refractivity contribution in [3.8, 4) is 0 Å². The van der Waals surface area contributed by atoms with E-state index in [1.54, 1.807) is 12.1 Å². The van der Waals surface area contributed by atoms with Gasteiger partial charge in [0.15, 0.2) is 5.96 Å². The molecule has 0 bridgehead atoms. The molecule has 1 saturated heterocycles. The molecule has 0 unspecified atom stereocenters. The Morgan fingerprint density at radius 3 is 2.75 bits per heavy atom. The number of hydrogen-bond donors (Lipinski definition) is 3. The van der Waals surface area contributed by atoms with Gasteiger partial charge in [0, 0.05) is 31.4 Å². The molecule has 1 aromatic heterocycles. The summed E-state index contributed by atoms with van der Waals surface area (Å²) < 4.78 is 21.1. The SMILES string of the molecule is C=C(Nc1cccc(F)c1)c1c(N=C(N)N2CCC(N)CC2)c(CC)nn1CCOCC. The fraction of sp³-hybridized carbons (Fsp3) is 0.478. The fourth-order valence-electron chi connectivity index (χ4n) is 3.73. The van der Waals surface area contributed by atoms with E-state index in [-0.39, 0.29) is 11.9 Å². The number of aliphatic imine (C=N–C) groups is 1. The van der Waals surface area contributed by atoms with Crippen LogP contribution in [-0.2, 0) is 17.7 Å². The van der Waals surface area contributed by atoms with Gasteiger partial charge in [-0.25, -0.2) is 9.38 Å². The molecule has 0 aliphatic carbocycles. The molecule has 1 aliphatic heterocycles. The molecule has 3 rings (SSSR count). The minimum absolute atomic E-state index is 0.206. The van der Waals surface area contributed by atoms with Crippen molar-refractivity contribution in [3.63, 3.8) is 0 Å². The molecule has 32 heavy (non-hydrogen) atoms. The summed E-state index contributed by atoms with van der Waals surface area (Å²) >= 11 is 0. The number of rotatable bonds is 9. The van der Waals surface area contributed by atoms with Crippen LogP contribution in [0, 0.1) is 5.82 Å². The summed E-state index contributed by atoms with van der Waals surface area (Å²) in [6.07, 6.45) is 2.44. The van der Waals surface area contributed by atoms with Crippen LogP contribution in [-0.4, -0.2) is 53.0 Å². The highest BCUT2D eigenvalue weighted by Gasteiger charge is 2.22. The summed E-state index contributed by atoms with van der Waals surface area (Å²) in [5.41, 5.74) is 15.8. The van der Waals surface area contributed by atoms with Crippen LogP contribution >= 0.6 is 0 Å². The average Bonchev–Trinajstić information content (AvgIpc) is 3.11. The quantitative estimate of drug-likeness (QED) is 0.312. The van der Waals surface area contributed by atoms with E-state index in [0.29, 0.717) is 54.9 Å². The molecule has 0 atom stereocenters. The first-order valence-corrected chi connectivity index (χ1v) is 11.2. The van der Waals surface area contributed by atoms with E-state index in [2.05, 4.69) is 11.9 Å². The molecule has 1 aliphatic rings. The monoisotopic (exact) mass is 443 g/mol. The normalized spacial score (nSPS) is 15.2. The lowest BCUT2D eigenvalue weighted by Crippen LogP contribution is -2.46. The smallest absolute Gasteiger partial charge is 0.196 e. The van der Waals surface area contributed by atoms with Crippen molar-refractivity contribution in [2.45, 2.75) is 45.7 Å². The summed E-state index contributed by atoms with van der Waals surface area (Å²) in [7, 11) is 0. The first-order chi connectivity index (χ1) is 15.4. The van der Waals surface area contributed by atoms with Crippen molar-refractivity contribution in [2.24, 2.45) is 16.5 Å². The van der Waals surface area contributed by atoms with Gasteiger partial charge in [-0.05, 0) is 44.4 Å². The number of nitrogens with one attached hydrogen (secondary N) is 1. The third kappa shape index (κ3) is 5.86. The molecular weight excluding hydrogens is 409 g/mol. The average molecular weight is 444 g/mol. The highest BCUT2D eigenvalue weighted by atomic mass is 19.1. The Balaban J connectivity index is 1.96. The number of anilines is 1. The highest BCUT2D eigenvalue weighted by Crippen LogP contribution is 2.31. The van der Waals surface area contributed by atoms with E-state index >= 15 is 0 Å². The van der Waals surface area contributed by atoms with Gasteiger partial charge in [0.2, 0.25) is 0 Å². The van der Waals surface area contributed by atoms with Crippen molar-refractivity contribution >= 4 is 23.0 Å². The van der Waals surface area contributed by atoms with Crippen LogP contribution in [0.15, 0.2) is 35.8 Å². The molecule has 0 spiro atoms. The summed E-state index contributed by atoms with van der Waals surface area (Å²) in [4.78, 5) is 6.84. The largest absolute Gasteiger partial charge is 0.380 e. The summed E-state index contributed by atoms with van der Waals surface area (Å²) in [5, 5.41) is 7.94. The molecule has 174 valence electrons. The number of nitrogens with two attached hydrogens (primary N) is 2. The summed E-state index contributed by atoms with van der Waals surface area (Å²) in [5.74, 6) is 0.114. The van der Waals surface area contributed by atoms with Crippen molar-refractivity contribution in [2.75, 3.05) is 31.6 Å². The predicted molar refractivity (Wildman–Crippen MR) is 127 cm³/mol.